The topological polar surface area (TPSA) is 130 Å². The van der Waals surface area contributed by atoms with Gasteiger partial charge >= 0.3 is 7.82 Å². The van der Waals surface area contributed by atoms with E-state index in [0.29, 0.717) is 44.3 Å². The van der Waals surface area contributed by atoms with E-state index < -0.39 is 13.6 Å². The zero-order valence-electron chi connectivity index (χ0n) is 16.8. The van der Waals surface area contributed by atoms with Crippen molar-refractivity contribution in [2.75, 3.05) is 5.48 Å². The number of fused-ring (bicyclic) bond motifs is 2. The quantitative estimate of drug-likeness (QED) is 0.255. The minimum absolute atomic E-state index is 0.102. The summed E-state index contributed by atoms with van der Waals surface area (Å²) in [7, 11) is -4.78. The third-order valence-electron chi connectivity index (χ3n) is 4.94. The number of hydrogen-bond acceptors (Lipinski definition) is 7. The van der Waals surface area contributed by atoms with Crippen LogP contribution in [0.3, 0.4) is 0 Å². The molecular formula is C22H15FN5O4P. The maximum absolute atomic E-state index is 14.5. The molecule has 9 nitrogen and oxygen atoms in total. The largest absolute Gasteiger partial charge is 0.491 e. The minimum atomic E-state index is -4.78. The van der Waals surface area contributed by atoms with Gasteiger partial charge in [0.2, 0.25) is 0 Å². The van der Waals surface area contributed by atoms with Gasteiger partial charge in [0, 0.05) is 45.9 Å². The molecule has 3 N–H and O–H groups in total. The first-order chi connectivity index (χ1) is 15.9. The molecule has 0 aliphatic heterocycles. The van der Waals surface area contributed by atoms with Crippen LogP contribution in [0.1, 0.15) is 0 Å². The van der Waals surface area contributed by atoms with Crippen LogP contribution in [0.5, 0.6) is 0 Å². The molecule has 0 spiro atoms. The highest BCUT2D eigenvalue weighted by molar-refractivity contribution is 7.46. The lowest BCUT2D eigenvalue weighted by atomic mass is 9.99. The van der Waals surface area contributed by atoms with Crippen molar-refractivity contribution < 1.29 is 23.4 Å². The van der Waals surface area contributed by atoms with Gasteiger partial charge in [-0.2, -0.15) is 4.62 Å². The van der Waals surface area contributed by atoms with E-state index in [2.05, 4.69) is 30.0 Å². The molecular weight excluding hydrogens is 448 g/mol. The van der Waals surface area contributed by atoms with Crippen LogP contribution in [-0.4, -0.2) is 29.7 Å². The van der Waals surface area contributed by atoms with Crippen LogP contribution in [0.2, 0.25) is 0 Å². The molecule has 0 aliphatic carbocycles. The molecule has 5 rings (SSSR count). The van der Waals surface area contributed by atoms with Crippen molar-refractivity contribution in [3.8, 4) is 22.5 Å². The summed E-state index contributed by atoms with van der Waals surface area (Å²) in [5.41, 5.74) is 4.54. The van der Waals surface area contributed by atoms with Crippen molar-refractivity contribution in [3.05, 3.63) is 79.0 Å². The average molecular weight is 463 g/mol. The first-order valence-corrected chi connectivity index (χ1v) is 11.2. The van der Waals surface area contributed by atoms with Gasteiger partial charge in [0.15, 0.2) is 11.5 Å². The Morgan fingerprint density at radius 3 is 2.45 bits per heavy atom. The van der Waals surface area contributed by atoms with Crippen LogP contribution in [0.25, 0.3) is 44.3 Å². The fourth-order valence-electron chi connectivity index (χ4n) is 3.56. The summed E-state index contributed by atoms with van der Waals surface area (Å²) in [4.78, 5) is 35.5. The molecule has 0 amide bonds. The van der Waals surface area contributed by atoms with Crippen LogP contribution in [0, 0.1) is 5.82 Å². The fraction of sp³-hybridized carbons (Fsp3) is 0. The summed E-state index contributed by atoms with van der Waals surface area (Å²) in [5.74, 6) is -0.312. The molecule has 33 heavy (non-hydrogen) atoms. The van der Waals surface area contributed by atoms with Gasteiger partial charge in [-0.15, -0.1) is 0 Å². The van der Waals surface area contributed by atoms with E-state index in [4.69, 9.17) is 9.79 Å². The number of nitrogens with zero attached hydrogens (tertiary/aromatic N) is 4. The lowest BCUT2D eigenvalue weighted by Crippen LogP contribution is -2.02. The number of halogens is 1. The van der Waals surface area contributed by atoms with Crippen LogP contribution in [-0.2, 0) is 9.19 Å². The number of nitrogens with one attached hydrogen (secondary N) is 1. The third-order valence-corrected chi connectivity index (χ3v) is 5.27. The summed E-state index contributed by atoms with van der Waals surface area (Å²) in [6.07, 6.45) is 4.60. The molecule has 11 heteroatoms. The number of pyridine rings is 4. The van der Waals surface area contributed by atoms with Crippen molar-refractivity contribution in [1.82, 2.24) is 19.9 Å². The molecule has 1 aromatic carbocycles. The Labute approximate surface area is 186 Å². The number of aromatic nitrogens is 4. The molecule has 0 saturated heterocycles. The Morgan fingerprint density at radius 2 is 1.64 bits per heavy atom. The zero-order chi connectivity index (χ0) is 23.0. The van der Waals surface area contributed by atoms with Crippen molar-refractivity contribution >= 4 is 35.4 Å². The summed E-state index contributed by atoms with van der Waals surface area (Å²) >= 11 is 0. The van der Waals surface area contributed by atoms with Crippen LogP contribution >= 0.6 is 7.82 Å². The average Bonchev–Trinajstić information content (AvgIpc) is 2.81. The molecule has 0 unspecified atom stereocenters. The van der Waals surface area contributed by atoms with Gasteiger partial charge in [-0.1, -0.05) is 12.1 Å². The molecule has 0 fully saturated rings. The highest BCUT2D eigenvalue weighted by Gasteiger charge is 2.18. The van der Waals surface area contributed by atoms with Gasteiger partial charge in [-0.05, 0) is 42.5 Å². The van der Waals surface area contributed by atoms with E-state index >= 15 is 0 Å². The summed E-state index contributed by atoms with van der Waals surface area (Å²) in [6.45, 7) is 0. The van der Waals surface area contributed by atoms with E-state index in [9.17, 15) is 8.96 Å². The highest BCUT2D eigenvalue weighted by Crippen LogP contribution is 2.38. The Kier molecular flexibility index (Phi) is 5.27. The van der Waals surface area contributed by atoms with Gasteiger partial charge in [0.05, 0.1) is 11.4 Å². The molecule has 5 aromatic rings. The van der Waals surface area contributed by atoms with Crippen LogP contribution in [0.15, 0.2) is 73.2 Å². The predicted octanol–water partition coefficient (Wildman–Crippen LogP) is 4.48. The molecule has 0 bridgehead atoms. The first-order valence-electron chi connectivity index (χ1n) is 9.65. The summed E-state index contributed by atoms with van der Waals surface area (Å²) < 4.78 is 30.0. The number of hydrogen-bond donors (Lipinski definition) is 3. The lowest BCUT2D eigenvalue weighted by Gasteiger charge is -2.13. The second-order valence-corrected chi connectivity index (χ2v) is 8.17. The Balaban J connectivity index is 1.75. The van der Waals surface area contributed by atoms with Crippen molar-refractivity contribution in [2.45, 2.75) is 0 Å². The van der Waals surface area contributed by atoms with E-state index in [1.165, 1.54) is 18.5 Å². The normalized spacial score (nSPS) is 11.7. The van der Waals surface area contributed by atoms with E-state index in [-0.39, 0.29) is 5.82 Å². The van der Waals surface area contributed by atoms with Crippen molar-refractivity contribution in [1.29, 1.82) is 0 Å². The van der Waals surface area contributed by atoms with Gasteiger partial charge in [-0.3, -0.25) is 4.98 Å². The SMILES string of the molecule is O=P(O)(O)ONc1nccc2c(-c3cc(-c4ccccc4F)nc4ncccc34)nccc12. The monoisotopic (exact) mass is 463 g/mol. The second kappa shape index (κ2) is 8.27. The maximum Gasteiger partial charge on any atom is 0.491 e. The highest BCUT2D eigenvalue weighted by atomic mass is 31.2. The van der Waals surface area contributed by atoms with E-state index in [1.54, 1.807) is 48.7 Å². The third kappa shape index (κ3) is 4.15. The Morgan fingerprint density at radius 1 is 0.848 bits per heavy atom. The van der Waals surface area contributed by atoms with Gasteiger partial charge < -0.3 is 9.79 Å². The number of benzene rings is 1. The van der Waals surface area contributed by atoms with Gasteiger partial charge in [0.1, 0.15) is 5.82 Å². The number of rotatable bonds is 5. The smallest absolute Gasteiger partial charge is 0.301 e. The number of phosphoric acid groups is 1. The maximum atomic E-state index is 14.5. The standard InChI is InChI=1S/C22H15FN5O4P/c23-18-6-2-1-4-16(18)19-12-17(14-5-3-9-25-21(14)27-19)20-13-7-11-26-22(15(13)8-10-24-20)28-32-33(29,30)31/h1-12H,(H,26,28)(H2,29,30,31). The molecule has 0 radical (unpaired) electrons. The van der Waals surface area contributed by atoms with Crippen molar-refractivity contribution in [3.63, 3.8) is 0 Å². The molecule has 4 heterocycles. The van der Waals surface area contributed by atoms with Crippen LogP contribution < -0.4 is 5.48 Å². The van der Waals surface area contributed by atoms with Gasteiger partial charge in [-0.25, -0.2) is 29.4 Å². The minimum Gasteiger partial charge on any atom is -0.301 e. The molecule has 0 atom stereocenters. The molecule has 164 valence electrons. The lowest BCUT2D eigenvalue weighted by molar-refractivity contribution is 0.232. The summed E-state index contributed by atoms with van der Waals surface area (Å²) in [6, 6.07) is 15.0. The summed E-state index contributed by atoms with van der Waals surface area (Å²) in [5, 5.41) is 1.84. The Bertz CT molecular complexity index is 1560. The van der Waals surface area contributed by atoms with Crippen molar-refractivity contribution in [2.24, 2.45) is 0 Å². The Hall–Kier alpha value is -3.82. The zero-order valence-corrected chi connectivity index (χ0v) is 17.6. The number of anilines is 1. The molecule has 4 aromatic heterocycles. The van der Waals surface area contributed by atoms with E-state index in [0.717, 1.165) is 0 Å². The molecule has 0 aliphatic rings. The van der Waals surface area contributed by atoms with Gasteiger partial charge in [0.25, 0.3) is 0 Å². The van der Waals surface area contributed by atoms with Crippen LogP contribution in [0.4, 0.5) is 10.2 Å². The van der Waals surface area contributed by atoms with E-state index in [1.807, 2.05) is 6.07 Å². The second-order valence-electron chi connectivity index (χ2n) is 7.01. The molecule has 0 saturated carbocycles. The fourth-order valence-corrected chi connectivity index (χ4v) is 3.77. The predicted molar refractivity (Wildman–Crippen MR) is 120 cm³/mol. The first kappa shape index (κ1) is 21.0.